The molecule has 1 aliphatic heterocycles. The van der Waals surface area contributed by atoms with Gasteiger partial charge in [-0.25, -0.2) is 9.97 Å². The summed E-state index contributed by atoms with van der Waals surface area (Å²) in [6.07, 6.45) is 1.82. The first kappa shape index (κ1) is 20.5. The molecule has 1 aliphatic rings. The fourth-order valence-electron chi connectivity index (χ4n) is 3.30. The van der Waals surface area contributed by atoms with E-state index in [1.54, 1.807) is 5.38 Å². The molecule has 156 valence electrons. The Morgan fingerprint density at radius 3 is 2.60 bits per heavy atom. The van der Waals surface area contributed by atoms with Crippen LogP contribution in [0.5, 0.6) is 0 Å². The van der Waals surface area contributed by atoms with E-state index >= 15 is 0 Å². The average molecular weight is 423 g/mol. The standard InChI is InChI=1S/C23H26N4O2S/c1-16(2)18-5-3-17(4-6-18)13-25-22(28)20-15-30-23(26-20)19-7-8-21(24-14-19)27-9-11-29-12-10-27/h3-8,14-16H,9-13H2,1-2H3,(H,25,28). The minimum atomic E-state index is -0.164. The quantitative estimate of drug-likeness (QED) is 0.648. The normalized spacial score (nSPS) is 14.2. The van der Waals surface area contributed by atoms with Crippen LogP contribution in [0, 0.1) is 0 Å². The Labute approximate surface area is 180 Å². The third-order valence-electron chi connectivity index (χ3n) is 5.17. The number of carbonyl (C=O) groups excluding carboxylic acids is 1. The van der Waals surface area contributed by atoms with E-state index in [2.05, 4.69) is 58.3 Å². The summed E-state index contributed by atoms with van der Waals surface area (Å²) >= 11 is 1.45. The molecule has 0 radical (unpaired) electrons. The zero-order valence-corrected chi connectivity index (χ0v) is 18.1. The molecule has 0 spiro atoms. The number of aromatic nitrogens is 2. The van der Waals surface area contributed by atoms with Crippen molar-refractivity contribution in [2.45, 2.75) is 26.3 Å². The van der Waals surface area contributed by atoms with Gasteiger partial charge in [-0.3, -0.25) is 4.79 Å². The molecule has 30 heavy (non-hydrogen) atoms. The molecule has 1 fully saturated rings. The van der Waals surface area contributed by atoms with Crippen LogP contribution in [0.3, 0.4) is 0 Å². The summed E-state index contributed by atoms with van der Waals surface area (Å²) in [6, 6.07) is 12.4. The lowest BCUT2D eigenvalue weighted by Crippen LogP contribution is -2.36. The maximum Gasteiger partial charge on any atom is 0.271 e. The van der Waals surface area contributed by atoms with Gasteiger partial charge in [0, 0.05) is 36.8 Å². The van der Waals surface area contributed by atoms with Crippen molar-refractivity contribution in [3.8, 4) is 10.6 Å². The maximum absolute atomic E-state index is 12.5. The maximum atomic E-state index is 12.5. The number of ether oxygens (including phenoxy) is 1. The van der Waals surface area contributed by atoms with Crippen molar-refractivity contribution in [2.75, 3.05) is 31.2 Å². The van der Waals surface area contributed by atoms with Crippen molar-refractivity contribution >= 4 is 23.1 Å². The highest BCUT2D eigenvalue weighted by Crippen LogP contribution is 2.25. The van der Waals surface area contributed by atoms with Gasteiger partial charge in [-0.1, -0.05) is 38.1 Å². The van der Waals surface area contributed by atoms with Gasteiger partial charge in [0.05, 0.1) is 13.2 Å². The van der Waals surface area contributed by atoms with Gasteiger partial charge < -0.3 is 15.0 Å². The van der Waals surface area contributed by atoms with Crippen molar-refractivity contribution in [3.05, 3.63) is 64.8 Å². The summed E-state index contributed by atoms with van der Waals surface area (Å²) in [4.78, 5) is 23.8. The van der Waals surface area contributed by atoms with Crippen LogP contribution in [0.1, 0.15) is 41.4 Å². The Morgan fingerprint density at radius 2 is 1.93 bits per heavy atom. The van der Waals surface area contributed by atoms with Crippen molar-refractivity contribution < 1.29 is 9.53 Å². The molecule has 3 heterocycles. The molecule has 0 saturated carbocycles. The van der Waals surface area contributed by atoms with Gasteiger partial charge >= 0.3 is 0 Å². The number of benzene rings is 1. The molecule has 0 atom stereocenters. The van der Waals surface area contributed by atoms with E-state index < -0.39 is 0 Å². The Balaban J connectivity index is 1.36. The summed E-state index contributed by atoms with van der Waals surface area (Å²) in [6.45, 7) is 8.00. The number of rotatable bonds is 6. The molecule has 1 N–H and O–H groups in total. The molecule has 0 aliphatic carbocycles. The van der Waals surface area contributed by atoms with Gasteiger partial charge in [0.25, 0.3) is 5.91 Å². The van der Waals surface area contributed by atoms with E-state index in [-0.39, 0.29) is 5.91 Å². The predicted octanol–water partition coefficient (Wildman–Crippen LogP) is 4.10. The predicted molar refractivity (Wildman–Crippen MR) is 120 cm³/mol. The van der Waals surface area contributed by atoms with Crippen LogP contribution >= 0.6 is 11.3 Å². The van der Waals surface area contributed by atoms with Crippen molar-refractivity contribution in [2.24, 2.45) is 0 Å². The number of morpholine rings is 1. The monoisotopic (exact) mass is 422 g/mol. The molecule has 0 bridgehead atoms. The zero-order valence-electron chi connectivity index (χ0n) is 17.3. The van der Waals surface area contributed by atoms with Crippen molar-refractivity contribution in [1.29, 1.82) is 0 Å². The molecule has 3 aromatic rings. The van der Waals surface area contributed by atoms with Gasteiger partial charge in [-0.2, -0.15) is 0 Å². The third-order valence-corrected chi connectivity index (χ3v) is 6.06. The molecule has 1 aromatic carbocycles. The fourth-order valence-corrected chi connectivity index (χ4v) is 4.09. The fraction of sp³-hybridized carbons (Fsp3) is 0.348. The number of pyridine rings is 1. The first-order valence-electron chi connectivity index (χ1n) is 10.2. The van der Waals surface area contributed by atoms with Gasteiger partial charge in [0.1, 0.15) is 16.5 Å². The molecular weight excluding hydrogens is 396 g/mol. The van der Waals surface area contributed by atoms with E-state index in [1.165, 1.54) is 16.9 Å². The minimum absolute atomic E-state index is 0.164. The van der Waals surface area contributed by atoms with Gasteiger partial charge in [-0.15, -0.1) is 11.3 Å². The number of hydrogen-bond acceptors (Lipinski definition) is 6. The molecule has 0 unspecified atom stereocenters. The first-order chi connectivity index (χ1) is 14.6. The number of nitrogens with one attached hydrogen (secondary N) is 1. The van der Waals surface area contributed by atoms with Gasteiger partial charge in [0.15, 0.2) is 0 Å². The van der Waals surface area contributed by atoms with E-state index in [4.69, 9.17) is 4.74 Å². The van der Waals surface area contributed by atoms with Crippen LogP contribution in [-0.4, -0.2) is 42.2 Å². The lowest BCUT2D eigenvalue weighted by Gasteiger charge is -2.27. The van der Waals surface area contributed by atoms with Crippen molar-refractivity contribution in [3.63, 3.8) is 0 Å². The topological polar surface area (TPSA) is 67.4 Å². The SMILES string of the molecule is CC(C)c1ccc(CNC(=O)c2csc(-c3ccc(N4CCOCC4)nc3)n2)cc1. The summed E-state index contributed by atoms with van der Waals surface area (Å²) in [5.41, 5.74) is 3.72. The van der Waals surface area contributed by atoms with Crippen LogP contribution in [0.25, 0.3) is 10.6 Å². The van der Waals surface area contributed by atoms with E-state index in [1.807, 2.05) is 18.3 Å². The van der Waals surface area contributed by atoms with E-state index in [9.17, 15) is 4.79 Å². The lowest BCUT2D eigenvalue weighted by molar-refractivity contribution is 0.0946. The number of amides is 1. The highest BCUT2D eigenvalue weighted by atomic mass is 32.1. The average Bonchev–Trinajstić information content (AvgIpc) is 3.29. The Kier molecular flexibility index (Phi) is 6.40. The second-order valence-electron chi connectivity index (χ2n) is 7.62. The summed E-state index contributed by atoms with van der Waals surface area (Å²) in [5, 5.41) is 5.54. The van der Waals surface area contributed by atoms with Crippen LogP contribution < -0.4 is 10.2 Å². The lowest BCUT2D eigenvalue weighted by atomic mass is 10.0. The molecule has 6 nitrogen and oxygen atoms in total. The summed E-state index contributed by atoms with van der Waals surface area (Å²) < 4.78 is 5.39. The van der Waals surface area contributed by atoms with Gasteiger partial charge in [0.2, 0.25) is 0 Å². The second-order valence-corrected chi connectivity index (χ2v) is 8.48. The molecule has 4 rings (SSSR count). The summed E-state index contributed by atoms with van der Waals surface area (Å²) in [5.74, 6) is 1.28. The molecule has 7 heteroatoms. The zero-order chi connectivity index (χ0) is 20.9. The van der Waals surface area contributed by atoms with E-state index in [0.29, 0.717) is 18.2 Å². The molecule has 1 saturated heterocycles. The first-order valence-corrected chi connectivity index (χ1v) is 11.1. The Bertz CT molecular complexity index is 977. The van der Waals surface area contributed by atoms with Crippen molar-refractivity contribution in [1.82, 2.24) is 15.3 Å². The minimum Gasteiger partial charge on any atom is -0.378 e. The van der Waals surface area contributed by atoms with Crippen LogP contribution in [0.2, 0.25) is 0 Å². The smallest absolute Gasteiger partial charge is 0.271 e. The second kappa shape index (κ2) is 9.36. The van der Waals surface area contributed by atoms with Crippen LogP contribution in [0.4, 0.5) is 5.82 Å². The Hall–Kier alpha value is -2.77. The number of carbonyl (C=O) groups is 1. The van der Waals surface area contributed by atoms with Gasteiger partial charge in [-0.05, 0) is 29.2 Å². The highest BCUT2D eigenvalue weighted by Gasteiger charge is 2.15. The van der Waals surface area contributed by atoms with Crippen LogP contribution in [0.15, 0.2) is 48.0 Å². The molecule has 1 amide bonds. The van der Waals surface area contributed by atoms with E-state index in [0.717, 1.165) is 48.3 Å². The third kappa shape index (κ3) is 4.86. The Morgan fingerprint density at radius 1 is 1.17 bits per heavy atom. The number of hydrogen-bond donors (Lipinski definition) is 1. The number of anilines is 1. The highest BCUT2D eigenvalue weighted by molar-refractivity contribution is 7.13. The molecule has 2 aromatic heterocycles. The molecular formula is C23H26N4O2S. The van der Waals surface area contributed by atoms with Crippen LogP contribution in [-0.2, 0) is 11.3 Å². The number of thiazole rings is 1. The summed E-state index contributed by atoms with van der Waals surface area (Å²) in [7, 11) is 0. The number of nitrogens with zero attached hydrogens (tertiary/aromatic N) is 3. The largest absolute Gasteiger partial charge is 0.378 e.